The zero-order chi connectivity index (χ0) is 26.8. The van der Waals surface area contributed by atoms with E-state index in [9.17, 15) is 9.59 Å². The highest BCUT2D eigenvalue weighted by Crippen LogP contribution is 2.51. The molecule has 1 aromatic heterocycles. The first kappa shape index (κ1) is 25.4. The summed E-state index contributed by atoms with van der Waals surface area (Å²) in [5.41, 5.74) is 10.7. The standard InChI is InChI=1S/C29H28N4O4S/c1-18-9-11-20(12-10-18)33-29-26(27(31-33)19-7-5-4-6-8-19)28(38-17-25(35)32(29)16-24(30)34)22-15-21(36-2)13-14-23(22)37-3/h4-15,28H,16-17H2,1-3H3,(H2,30,34)/t28-/m1/s1. The molecule has 9 heteroatoms. The smallest absolute Gasteiger partial charge is 0.238 e. The molecule has 2 N–H and O–H groups in total. The van der Waals surface area contributed by atoms with Crippen LogP contribution < -0.4 is 20.1 Å². The van der Waals surface area contributed by atoms with Crippen LogP contribution in [-0.2, 0) is 9.59 Å². The monoisotopic (exact) mass is 528 g/mol. The van der Waals surface area contributed by atoms with Gasteiger partial charge in [0.15, 0.2) is 0 Å². The summed E-state index contributed by atoms with van der Waals surface area (Å²) in [5.74, 6) is 1.13. The van der Waals surface area contributed by atoms with Crippen LogP contribution in [0.4, 0.5) is 5.82 Å². The summed E-state index contributed by atoms with van der Waals surface area (Å²) in [6, 6.07) is 23.3. The Hall–Kier alpha value is -4.24. The van der Waals surface area contributed by atoms with Gasteiger partial charge in [0.1, 0.15) is 23.9 Å². The fraction of sp³-hybridized carbons (Fsp3) is 0.207. The van der Waals surface area contributed by atoms with Crippen molar-refractivity contribution in [1.82, 2.24) is 9.78 Å². The fourth-order valence-electron chi connectivity index (χ4n) is 4.64. The van der Waals surface area contributed by atoms with Crippen molar-refractivity contribution in [1.29, 1.82) is 0 Å². The first-order valence-corrected chi connectivity index (χ1v) is 13.1. The maximum absolute atomic E-state index is 13.6. The number of amides is 2. The number of anilines is 1. The van der Waals surface area contributed by atoms with Crippen molar-refractivity contribution in [2.45, 2.75) is 12.2 Å². The first-order chi connectivity index (χ1) is 18.4. The van der Waals surface area contributed by atoms with Gasteiger partial charge in [-0.15, -0.1) is 11.8 Å². The minimum atomic E-state index is -0.607. The Kier molecular flexibility index (Phi) is 7.11. The summed E-state index contributed by atoms with van der Waals surface area (Å²) >= 11 is 1.46. The largest absolute Gasteiger partial charge is 0.497 e. The zero-order valence-electron chi connectivity index (χ0n) is 21.4. The number of rotatable bonds is 7. The molecule has 8 nitrogen and oxygen atoms in total. The molecule has 4 aromatic rings. The molecule has 0 radical (unpaired) electrons. The number of nitrogens with two attached hydrogens (primary N) is 1. The van der Waals surface area contributed by atoms with Gasteiger partial charge in [-0.2, -0.15) is 5.10 Å². The van der Waals surface area contributed by atoms with Gasteiger partial charge in [0.25, 0.3) is 0 Å². The van der Waals surface area contributed by atoms with E-state index in [1.165, 1.54) is 16.7 Å². The molecular formula is C29H28N4O4S. The van der Waals surface area contributed by atoms with Crippen LogP contribution in [-0.4, -0.2) is 48.1 Å². The molecule has 3 aromatic carbocycles. The van der Waals surface area contributed by atoms with Crippen LogP contribution in [0.25, 0.3) is 16.9 Å². The van der Waals surface area contributed by atoms with Crippen LogP contribution in [0, 0.1) is 6.92 Å². The van der Waals surface area contributed by atoms with E-state index in [4.69, 9.17) is 20.3 Å². The minimum Gasteiger partial charge on any atom is -0.497 e. The highest BCUT2D eigenvalue weighted by Gasteiger charge is 2.38. The van der Waals surface area contributed by atoms with E-state index in [0.29, 0.717) is 23.0 Å². The van der Waals surface area contributed by atoms with Crippen molar-refractivity contribution in [2.75, 3.05) is 31.4 Å². The van der Waals surface area contributed by atoms with Gasteiger partial charge in [0, 0.05) is 16.7 Å². The lowest BCUT2D eigenvalue weighted by Gasteiger charge is -2.23. The first-order valence-electron chi connectivity index (χ1n) is 12.1. The average Bonchev–Trinajstić information content (AvgIpc) is 3.26. The van der Waals surface area contributed by atoms with Crippen molar-refractivity contribution in [2.24, 2.45) is 5.73 Å². The number of primary amides is 1. The number of benzene rings is 3. The number of carbonyl (C=O) groups is 2. The SMILES string of the molecule is COc1ccc(OC)c([C@H]2SCC(=O)N(CC(N)=O)c3c2c(-c2ccccc2)nn3-c2ccc(C)cc2)c1. The summed E-state index contributed by atoms with van der Waals surface area (Å²) in [6.07, 6.45) is 0. The van der Waals surface area contributed by atoms with Crippen LogP contribution in [0.3, 0.4) is 0 Å². The second kappa shape index (κ2) is 10.6. The molecule has 38 heavy (non-hydrogen) atoms. The van der Waals surface area contributed by atoms with E-state index < -0.39 is 5.91 Å². The van der Waals surface area contributed by atoms with E-state index in [-0.39, 0.29) is 23.5 Å². The van der Waals surface area contributed by atoms with Gasteiger partial charge in [0.2, 0.25) is 11.8 Å². The van der Waals surface area contributed by atoms with Gasteiger partial charge >= 0.3 is 0 Å². The third-order valence-corrected chi connectivity index (χ3v) is 7.68. The number of hydrogen-bond acceptors (Lipinski definition) is 6. The number of fused-ring (bicyclic) bond motifs is 1. The Bertz CT molecular complexity index is 1480. The molecule has 0 aliphatic carbocycles. The van der Waals surface area contributed by atoms with E-state index in [0.717, 1.165) is 27.9 Å². The maximum Gasteiger partial charge on any atom is 0.238 e. The molecule has 5 rings (SSSR count). The molecule has 1 aliphatic rings. The lowest BCUT2D eigenvalue weighted by atomic mass is 9.98. The fourth-order valence-corrected chi connectivity index (χ4v) is 5.85. The van der Waals surface area contributed by atoms with E-state index >= 15 is 0 Å². The van der Waals surface area contributed by atoms with Gasteiger partial charge in [-0.1, -0.05) is 48.0 Å². The number of nitrogens with zero attached hydrogens (tertiary/aromatic N) is 3. The topological polar surface area (TPSA) is 99.7 Å². The number of carbonyl (C=O) groups excluding carboxylic acids is 2. The third kappa shape index (κ3) is 4.72. The van der Waals surface area contributed by atoms with Crippen LogP contribution in [0.15, 0.2) is 72.8 Å². The van der Waals surface area contributed by atoms with Crippen molar-refractivity contribution < 1.29 is 19.1 Å². The molecule has 0 saturated carbocycles. The molecule has 0 unspecified atom stereocenters. The molecule has 0 saturated heterocycles. The highest BCUT2D eigenvalue weighted by atomic mass is 32.2. The summed E-state index contributed by atoms with van der Waals surface area (Å²) in [6.45, 7) is 1.74. The molecule has 0 spiro atoms. The molecule has 0 bridgehead atoms. The van der Waals surface area contributed by atoms with Gasteiger partial charge in [-0.25, -0.2) is 4.68 Å². The second-order valence-corrected chi connectivity index (χ2v) is 10.0. The van der Waals surface area contributed by atoms with Crippen LogP contribution in [0.1, 0.15) is 21.9 Å². The Morgan fingerprint density at radius 3 is 2.45 bits per heavy atom. The Morgan fingerprint density at radius 2 is 1.79 bits per heavy atom. The number of ether oxygens (including phenoxy) is 2. The molecule has 1 atom stereocenters. The normalized spacial score (nSPS) is 15.1. The van der Waals surface area contributed by atoms with Crippen molar-refractivity contribution in [3.63, 3.8) is 0 Å². The van der Waals surface area contributed by atoms with Gasteiger partial charge in [-0.3, -0.25) is 14.5 Å². The molecule has 2 amide bonds. The number of thioether (sulfide) groups is 1. The molecule has 0 fully saturated rings. The zero-order valence-corrected chi connectivity index (χ0v) is 22.2. The number of methoxy groups -OCH3 is 2. The second-order valence-electron chi connectivity index (χ2n) is 8.94. The van der Waals surface area contributed by atoms with E-state index in [1.807, 2.05) is 79.7 Å². The van der Waals surface area contributed by atoms with Gasteiger partial charge < -0.3 is 15.2 Å². The van der Waals surface area contributed by atoms with Crippen LogP contribution in [0.2, 0.25) is 0 Å². The number of aryl methyl sites for hydroxylation is 1. The van der Waals surface area contributed by atoms with Crippen molar-refractivity contribution in [3.8, 4) is 28.4 Å². The predicted octanol–water partition coefficient (Wildman–Crippen LogP) is 4.52. The molecule has 2 heterocycles. The van der Waals surface area contributed by atoms with E-state index in [2.05, 4.69) is 0 Å². The van der Waals surface area contributed by atoms with Crippen LogP contribution in [0.5, 0.6) is 11.5 Å². The Labute approximate surface area is 225 Å². The molecular weight excluding hydrogens is 500 g/mol. The predicted molar refractivity (Wildman–Crippen MR) is 149 cm³/mol. The summed E-state index contributed by atoms with van der Waals surface area (Å²) < 4.78 is 13.0. The number of aromatic nitrogens is 2. The molecule has 194 valence electrons. The maximum atomic E-state index is 13.6. The van der Waals surface area contributed by atoms with Crippen molar-refractivity contribution >= 4 is 29.4 Å². The quantitative estimate of drug-likeness (QED) is 0.379. The van der Waals surface area contributed by atoms with Gasteiger partial charge in [0.05, 0.1) is 36.6 Å². The Balaban J connectivity index is 1.87. The Morgan fingerprint density at radius 1 is 1.05 bits per heavy atom. The summed E-state index contributed by atoms with van der Waals surface area (Å²) in [4.78, 5) is 27.2. The lowest BCUT2D eigenvalue weighted by Crippen LogP contribution is -2.40. The van der Waals surface area contributed by atoms with E-state index in [1.54, 1.807) is 18.9 Å². The number of hydrogen-bond donors (Lipinski definition) is 1. The van der Waals surface area contributed by atoms with Crippen molar-refractivity contribution in [3.05, 3.63) is 89.5 Å². The average molecular weight is 529 g/mol. The summed E-state index contributed by atoms with van der Waals surface area (Å²) in [5, 5.41) is 4.70. The lowest BCUT2D eigenvalue weighted by molar-refractivity contribution is -0.121. The van der Waals surface area contributed by atoms with Crippen LogP contribution >= 0.6 is 11.8 Å². The minimum absolute atomic E-state index is 0.134. The van der Waals surface area contributed by atoms with Gasteiger partial charge in [-0.05, 0) is 37.3 Å². The third-order valence-electron chi connectivity index (χ3n) is 6.45. The highest BCUT2D eigenvalue weighted by molar-refractivity contribution is 8.00. The molecule has 1 aliphatic heterocycles. The summed E-state index contributed by atoms with van der Waals surface area (Å²) in [7, 11) is 3.23.